The second-order valence-electron chi connectivity index (χ2n) is 4.31. The van der Waals surface area contributed by atoms with E-state index in [1.54, 1.807) is 0 Å². The van der Waals surface area contributed by atoms with E-state index in [1.165, 1.54) is 0 Å². The van der Waals surface area contributed by atoms with Gasteiger partial charge in [-0.1, -0.05) is 0 Å². The van der Waals surface area contributed by atoms with Crippen LogP contribution in [0.3, 0.4) is 0 Å². The number of urea groups is 1. The molecule has 0 aromatic carbocycles. The van der Waals surface area contributed by atoms with Crippen molar-refractivity contribution in [1.82, 2.24) is 15.1 Å². The fourth-order valence-electron chi connectivity index (χ4n) is 1.89. The Balaban J connectivity index is 2.27. The summed E-state index contributed by atoms with van der Waals surface area (Å²) in [5, 5.41) is 2.06. The Morgan fingerprint density at radius 2 is 1.88 bits per heavy atom. The van der Waals surface area contributed by atoms with Gasteiger partial charge in [-0.05, 0) is 6.92 Å². The van der Waals surface area contributed by atoms with Gasteiger partial charge in [-0.15, -0.1) is 0 Å². The van der Waals surface area contributed by atoms with Crippen LogP contribution in [0.15, 0.2) is 0 Å². The van der Waals surface area contributed by atoms with Crippen molar-refractivity contribution in [2.24, 2.45) is 11.5 Å². The molecule has 0 aromatic heterocycles. The Hall–Kier alpha value is -1.18. The topological polar surface area (TPSA) is 105 Å². The van der Waals surface area contributed by atoms with Crippen molar-refractivity contribution >= 4 is 11.9 Å². The standard InChI is InChI=1S/C10H21N5O2/c1-8(6-11)15-4-2-14(3-5-15)7-9(16)13-10(12)17/h8H,2-7,11H2,1H3,(H3,12,13,16,17). The largest absolute Gasteiger partial charge is 0.351 e. The molecule has 17 heavy (non-hydrogen) atoms. The third-order valence-corrected chi connectivity index (χ3v) is 3.00. The van der Waals surface area contributed by atoms with Crippen LogP contribution in [0, 0.1) is 0 Å². The molecule has 0 aromatic rings. The maximum atomic E-state index is 11.3. The molecule has 98 valence electrons. The van der Waals surface area contributed by atoms with E-state index < -0.39 is 6.03 Å². The van der Waals surface area contributed by atoms with Crippen molar-refractivity contribution in [2.75, 3.05) is 39.3 Å². The lowest BCUT2D eigenvalue weighted by Crippen LogP contribution is -2.53. The fraction of sp³-hybridized carbons (Fsp3) is 0.800. The van der Waals surface area contributed by atoms with Crippen LogP contribution in [0.1, 0.15) is 6.92 Å². The molecule has 3 amide bonds. The zero-order chi connectivity index (χ0) is 12.8. The molecule has 1 atom stereocenters. The molecule has 0 spiro atoms. The summed E-state index contributed by atoms with van der Waals surface area (Å²) < 4.78 is 0. The molecule has 1 aliphatic heterocycles. The molecule has 0 aliphatic carbocycles. The molecule has 1 rings (SSSR count). The van der Waals surface area contributed by atoms with Crippen LogP contribution in [0.4, 0.5) is 4.79 Å². The van der Waals surface area contributed by atoms with Crippen LogP contribution in [-0.4, -0.2) is 67.0 Å². The van der Waals surface area contributed by atoms with Crippen molar-refractivity contribution in [1.29, 1.82) is 0 Å². The van der Waals surface area contributed by atoms with Gasteiger partial charge in [0.2, 0.25) is 5.91 Å². The summed E-state index contributed by atoms with van der Waals surface area (Å²) in [5.41, 5.74) is 10.5. The number of rotatable bonds is 4. The van der Waals surface area contributed by atoms with Gasteiger partial charge in [0, 0.05) is 38.8 Å². The summed E-state index contributed by atoms with van der Waals surface area (Å²) in [6.45, 7) is 6.34. The van der Waals surface area contributed by atoms with E-state index in [4.69, 9.17) is 11.5 Å². The molecule has 0 saturated carbocycles. The Bertz CT molecular complexity index is 276. The van der Waals surface area contributed by atoms with E-state index in [1.807, 2.05) is 4.90 Å². The summed E-state index contributed by atoms with van der Waals surface area (Å²) >= 11 is 0. The van der Waals surface area contributed by atoms with Gasteiger partial charge in [0.15, 0.2) is 0 Å². The molecule has 7 nitrogen and oxygen atoms in total. The molecule has 1 saturated heterocycles. The average molecular weight is 243 g/mol. The molecule has 0 radical (unpaired) electrons. The SMILES string of the molecule is CC(CN)N1CCN(CC(=O)NC(N)=O)CC1. The van der Waals surface area contributed by atoms with Crippen molar-refractivity contribution in [3.05, 3.63) is 0 Å². The number of hydrogen-bond donors (Lipinski definition) is 3. The normalized spacial score (nSPS) is 19.9. The van der Waals surface area contributed by atoms with Crippen LogP contribution in [-0.2, 0) is 4.79 Å². The summed E-state index contributed by atoms with van der Waals surface area (Å²) in [7, 11) is 0. The highest BCUT2D eigenvalue weighted by atomic mass is 16.2. The first-order valence-electron chi connectivity index (χ1n) is 5.78. The molecule has 5 N–H and O–H groups in total. The first-order chi connectivity index (χ1) is 8.02. The van der Waals surface area contributed by atoms with Crippen LogP contribution in [0.5, 0.6) is 0 Å². The lowest BCUT2D eigenvalue weighted by atomic mass is 10.2. The smallest absolute Gasteiger partial charge is 0.318 e. The Morgan fingerprint density at radius 3 is 2.35 bits per heavy atom. The van der Waals surface area contributed by atoms with Crippen molar-refractivity contribution in [2.45, 2.75) is 13.0 Å². The number of primary amides is 1. The van der Waals surface area contributed by atoms with E-state index in [9.17, 15) is 9.59 Å². The fourth-order valence-corrected chi connectivity index (χ4v) is 1.89. The maximum Gasteiger partial charge on any atom is 0.318 e. The molecule has 7 heteroatoms. The predicted molar refractivity (Wildman–Crippen MR) is 64.3 cm³/mol. The van der Waals surface area contributed by atoms with Gasteiger partial charge >= 0.3 is 6.03 Å². The van der Waals surface area contributed by atoms with Gasteiger partial charge in [0.25, 0.3) is 0 Å². The van der Waals surface area contributed by atoms with Gasteiger partial charge < -0.3 is 11.5 Å². The minimum Gasteiger partial charge on any atom is -0.351 e. The van der Waals surface area contributed by atoms with E-state index >= 15 is 0 Å². The van der Waals surface area contributed by atoms with Crippen molar-refractivity contribution in [3.8, 4) is 0 Å². The zero-order valence-corrected chi connectivity index (χ0v) is 10.2. The Kier molecular flexibility index (Phi) is 5.33. The highest BCUT2D eigenvalue weighted by Gasteiger charge is 2.21. The van der Waals surface area contributed by atoms with E-state index in [0.29, 0.717) is 12.6 Å². The average Bonchev–Trinajstić information content (AvgIpc) is 2.28. The Labute approximate surface area is 101 Å². The third kappa shape index (κ3) is 4.68. The van der Waals surface area contributed by atoms with Gasteiger partial charge in [-0.25, -0.2) is 4.79 Å². The van der Waals surface area contributed by atoms with Gasteiger partial charge in [-0.2, -0.15) is 0 Å². The molecule has 1 unspecified atom stereocenters. The number of imide groups is 1. The number of piperazine rings is 1. The number of nitrogens with two attached hydrogens (primary N) is 2. The molecule has 0 bridgehead atoms. The summed E-state index contributed by atoms with van der Waals surface area (Å²) in [6.07, 6.45) is 0. The minimum atomic E-state index is -0.801. The highest BCUT2D eigenvalue weighted by molar-refractivity contribution is 5.94. The molecular weight excluding hydrogens is 222 g/mol. The van der Waals surface area contributed by atoms with Gasteiger partial charge in [0.1, 0.15) is 0 Å². The number of hydrogen-bond acceptors (Lipinski definition) is 5. The number of amides is 3. The second kappa shape index (κ2) is 6.53. The van der Waals surface area contributed by atoms with Crippen molar-refractivity contribution < 1.29 is 9.59 Å². The Morgan fingerprint density at radius 1 is 1.29 bits per heavy atom. The highest BCUT2D eigenvalue weighted by Crippen LogP contribution is 2.04. The first-order valence-corrected chi connectivity index (χ1v) is 5.78. The minimum absolute atomic E-state index is 0.216. The van der Waals surface area contributed by atoms with Gasteiger partial charge in [-0.3, -0.25) is 19.9 Å². The number of nitrogens with zero attached hydrogens (tertiary/aromatic N) is 2. The van der Waals surface area contributed by atoms with Gasteiger partial charge in [0.05, 0.1) is 6.54 Å². The number of carbonyl (C=O) groups is 2. The summed E-state index contributed by atoms with van der Waals surface area (Å²) in [6, 6.07) is -0.429. The quantitative estimate of drug-likeness (QED) is 0.537. The van der Waals surface area contributed by atoms with Crippen LogP contribution in [0.25, 0.3) is 0 Å². The van der Waals surface area contributed by atoms with Crippen LogP contribution < -0.4 is 16.8 Å². The maximum absolute atomic E-state index is 11.3. The lowest BCUT2D eigenvalue weighted by molar-refractivity contribution is -0.121. The zero-order valence-electron chi connectivity index (χ0n) is 10.2. The summed E-state index contributed by atoms with van der Waals surface area (Å²) in [4.78, 5) is 26.1. The number of carbonyl (C=O) groups excluding carboxylic acids is 2. The lowest BCUT2D eigenvalue weighted by Gasteiger charge is -2.37. The van der Waals surface area contributed by atoms with Crippen molar-refractivity contribution in [3.63, 3.8) is 0 Å². The first kappa shape index (κ1) is 13.9. The van der Waals surface area contributed by atoms with E-state index in [2.05, 4.69) is 17.1 Å². The summed E-state index contributed by atoms with van der Waals surface area (Å²) in [5.74, 6) is -0.349. The van der Waals surface area contributed by atoms with Crippen LogP contribution in [0.2, 0.25) is 0 Å². The van der Waals surface area contributed by atoms with E-state index in [0.717, 1.165) is 26.2 Å². The molecule has 1 heterocycles. The van der Waals surface area contributed by atoms with E-state index in [-0.39, 0.29) is 12.5 Å². The predicted octanol–water partition coefficient (Wildman–Crippen LogP) is -1.85. The number of nitrogens with one attached hydrogen (secondary N) is 1. The molecule has 1 fully saturated rings. The second-order valence-corrected chi connectivity index (χ2v) is 4.31. The van der Waals surface area contributed by atoms with Crippen LogP contribution >= 0.6 is 0 Å². The molecular formula is C10H21N5O2. The molecule has 1 aliphatic rings. The third-order valence-electron chi connectivity index (χ3n) is 3.00. The monoisotopic (exact) mass is 243 g/mol.